The highest BCUT2D eigenvalue weighted by Crippen LogP contribution is 2.14. The number of aromatic nitrogens is 1. The van der Waals surface area contributed by atoms with Gasteiger partial charge in [0.05, 0.1) is 30.5 Å². The standard InChI is InChI=1S/C18H23N3O2S/c1-14-17(24-13-20-14)11-19-18(22)21-9-10-23-16(12-21)8-7-15-5-3-2-4-6-15/h2-6,13,16H,7-12H2,1H3,(H,19,22)/t16-/m1/s1. The zero-order chi connectivity index (χ0) is 16.8. The Morgan fingerprint density at radius 2 is 2.25 bits per heavy atom. The van der Waals surface area contributed by atoms with Crippen LogP contribution in [-0.2, 0) is 17.7 Å². The first kappa shape index (κ1) is 16.9. The zero-order valence-corrected chi connectivity index (χ0v) is 14.7. The summed E-state index contributed by atoms with van der Waals surface area (Å²) in [4.78, 5) is 19.5. The SMILES string of the molecule is Cc1ncsc1CNC(=O)N1CCO[C@H](CCc2ccccc2)C1. The lowest BCUT2D eigenvalue weighted by Crippen LogP contribution is -2.49. The largest absolute Gasteiger partial charge is 0.375 e. The van der Waals surface area contributed by atoms with Gasteiger partial charge < -0.3 is 15.0 Å². The number of rotatable bonds is 5. The number of thiazole rings is 1. The fraction of sp³-hybridized carbons (Fsp3) is 0.444. The maximum absolute atomic E-state index is 12.4. The third kappa shape index (κ3) is 4.55. The summed E-state index contributed by atoms with van der Waals surface area (Å²) in [5.41, 5.74) is 4.11. The van der Waals surface area contributed by atoms with Crippen LogP contribution in [0.15, 0.2) is 35.8 Å². The molecular formula is C18H23N3O2S. The van der Waals surface area contributed by atoms with Crippen molar-refractivity contribution in [3.05, 3.63) is 52.0 Å². The fourth-order valence-corrected chi connectivity index (χ4v) is 3.53. The molecule has 0 aliphatic carbocycles. The van der Waals surface area contributed by atoms with E-state index in [0.717, 1.165) is 23.4 Å². The van der Waals surface area contributed by atoms with Crippen LogP contribution in [0.25, 0.3) is 0 Å². The summed E-state index contributed by atoms with van der Waals surface area (Å²) < 4.78 is 5.82. The monoisotopic (exact) mass is 345 g/mol. The van der Waals surface area contributed by atoms with Gasteiger partial charge in [-0.2, -0.15) is 0 Å². The van der Waals surface area contributed by atoms with Crippen LogP contribution < -0.4 is 5.32 Å². The first-order valence-electron chi connectivity index (χ1n) is 8.29. The average Bonchev–Trinajstić information content (AvgIpc) is 3.04. The summed E-state index contributed by atoms with van der Waals surface area (Å²) in [6, 6.07) is 10.4. The molecule has 0 unspecified atom stereocenters. The van der Waals surface area contributed by atoms with Gasteiger partial charge in [-0.1, -0.05) is 30.3 Å². The topological polar surface area (TPSA) is 54.5 Å². The first-order valence-corrected chi connectivity index (χ1v) is 9.17. The van der Waals surface area contributed by atoms with Crippen molar-refractivity contribution in [1.29, 1.82) is 0 Å². The molecule has 1 aliphatic heterocycles. The van der Waals surface area contributed by atoms with E-state index in [1.165, 1.54) is 5.56 Å². The Labute approximate surface area is 146 Å². The highest BCUT2D eigenvalue weighted by Gasteiger charge is 2.24. The van der Waals surface area contributed by atoms with Crippen molar-refractivity contribution in [2.45, 2.75) is 32.4 Å². The number of morpholine rings is 1. The molecular weight excluding hydrogens is 322 g/mol. The highest BCUT2D eigenvalue weighted by molar-refractivity contribution is 7.09. The van der Waals surface area contributed by atoms with Crippen molar-refractivity contribution < 1.29 is 9.53 Å². The summed E-state index contributed by atoms with van der Waals surface area (Å²) in [6.45, 7) is 4.41. The molecule has 24 heavy (non-hydrogen) atoms. The lowest BCUT2D eigenvalue weighted by Gasteiger charge is -2.33. The number of carbonyl (C=O) groups is 1. The van der Waals surface area contributed by atoms with Gasteiger partial charge in [-0.25, -0.2) is 9.78 Å². The summed E-state index contributed by atoms with van der Waals surface area (Å²) in [6.07, 6.45) is 2.01. The maximum atomic E-state index is 12.4. The number of benzene rings is 1. The molecule has 1 saturated heterocycles. The van der Waals surface area contributed by atoms with Crippen LogP contribution in [0.3, 0.4) is 0 Å². The Balaban J connectivity index is 1.46. The van der Waals surface area contributed by atoms with Gasteiger partial charge in [-0.15, -0.1) is 11.3 Å². The highest BCUT2D eigenvalue weighted by atomic mass is 32.1. The maximum Gasteiger partial charge on any atom is 0.317 e. The number of amides is 2. The second-order valence-electron chi connectivity index (χ2n) is 5.98. The minimum atomic E-state index is -0.0178. The van der Waals surface area contributed by atoms with Crippen molar-refractivity contribution in [3.63, 3.8) is 0 Å². The van der Waals surface area contributed by atoms with E-state index in [2.05, 4.69) is 34.6 Å². The van der Waals surface area contributed by atoms with Gasteiger partial charge in [0.2, 0.25) is 0 Å². The Morgan fingerprint density at radius 3 is 3.00 bits per heavy atom. The smallest absolute Gasteiger partial charge is 0.317 e. The van der Waals surface area contributed by atoms with E-state index in [1.54, 1.807) is 11.3 Å². The molecule has 5 nitrogen and oxygen atoms in total. The quantitative estimate of drug-likeness (QED) is 0.906. The number of carbonyl (C=O) groups excluding carboxylic acids is 1. The number of aryl methyl sites for hydroxylation is 2. The van der Waals surface area contributed by atoms with Crippen LogP contribution in [-0.4, -0.2) is 41.7 Å². The predicted octanol–water partition coefficient (Wildman–Crippen LogP) is 2.99. The number of nitrogens with one attached hydrogen (secondary N) is 1. The van der Waals surface area contributed by atoms with Gasteiger partial charge in [0.1, 0.15) is 0 Å². The van der Waals surface area contributed by atoms with Crippen molar-refractivity contribution in [1.82, 2.24) is 15.2 Å². The van der Waals surface area contributed by atoms with Gasteiger partial charge in [0.15, 0.2) is 0 Å². The molecule has 0 radical (unpaired) electrons. The van der Waals surface area contributed by atoms with Crippen LogP contribution in [0, 0.1) is 6.92 Å². The molecule has 6 heteroatoms. The van der Waals surface area contributed by atoms with Crippen molar-refractivity contribution >= 4 is 17.4 Å². The molecule has 1 fully saturated rings. The summed E-state index contributed by atoms with van der Waals surface area (Å²) in [7, 11) is 0. The predicted molar refractivity (Wildman–Crippen MR) is 95.2 cm³/mol. The van der Waals surface area contributed by atoms with Gasteiger partial charge in [0.25, 0.3) is 0 Å². The molecule has 1 aromatic carbocycles. The molecule has 2 aromatic rings. The summed E-state index contributed by atoms with van der Waals surface area (Å²) in [5.74, 6) is 0. The van der Waals surface area contributed by atoms with E-state index in [9.17, 15) is 4.79 Å². The van der Waals surface area contributed by atoms with Gasteiger partial charge in [-0.05, 0) is 25.3 Å². The molecule has 1 N–H and O–H groups in total. The molecule has 0 saturated carbocycles. The Morgan fingerprint density at radius 1 is 1.42 bits per heavy atom. The Hall–Kier alpha value is -1.92. The second-order valence-corrected chi connectivity index (χ2v) is 6.92. The fourth-order valence-electron chi connectivity index (χ4n) is 2.81. The molecule has 2 amide bonds. The number of urea groups is 1. The van der Waals surface area contributed by atoms with E-state index in [0.29, 0.717) is 26.2 Å². The van der Waals surface area contributed by atoms with Gasteiger partial charge in [0, 0.05) is 18.0 Å². The van der Waals surface area contributed by atoms with Crippen LogP contribution in [0.5, 0.6) is 0 Å². The Kier molecular flexibility index (Phi) is 5.82. The molecule has 3 rings (SSSR count). The molecule has 128 valence electrons. The van der Waals surface area contributed by atoms with E-state index >= 15 is 0 Å². The van der Waals surface area contributed by atoms with Gasteiger partial charge >= 0.3 is 6.03 Å². The minimum Gasteiger partial charge on any atom is -0.375 e. The van der Waals surface area contributed by atoms with Crippen LogP contribution in [0.4, 0.5) is 4.79 Å². The number of hydrogen-bond acceptors (Lipinski definition) is 4. The molecule has 1 aliphatic rings. The molecule has 2 heterocycles. The van der Waals surface area contributed by atoms with Crippen LogP contribution in [0.1, 0.15) is 22.6 Å². The zero-order valence-electron chi connectivity index (χ0n) is 13.9. The normalized spacial score (nSPS) is 17.7. The molecule has 1 atom stereocenters. The Bertz CT molecular complexity index is 659. The van der Waals surface area contributed by atoms with E-state index in [4.69, 9.17) is 4.74 Å². The van der Waals surface area contributed by atoms with E-state index < -0.39 is 0 Å². The number of ether oxygens (including phenoxy) is 1. The van der Waals surface area contributed by atoms with Crippen molar-refractivity contribution in [2.24, 2.45) is 0 Å². The molecule has 0 spiro atoms. The minimum absolute atomic E-state index is 0.0178. The lowest BCUT2D eigenvalue weighted by molar-refractivity contribution is -0.0176. The van der Waals surface area contributed by atoms with E-state index in [-0.39, 0.29) is 12.1 Å². The first-order chi connectivity index (χ1) is 11.7. The average molecular weight is 345 g/mol. The molecule has 1 aromatic heterocycles. The summed E-state index contributed by atoms with van der Waals surface area (Å²) in [5, 5.41) is 2.99. The second kappa shape index (κ2) is 8.26. The third-order valence-electron chi connectivity index (χ3n) is 4.27. The van der Waals surface area contributed by atoms with Crippen LogP contribution >= 0.6 is 11.3 Å². The third-order valence-corrected chi connectivity index (χ3v) is 5.20. The van der Waals surface area contributed by atoms with E-state index in [1.807, 2.05) is 23.4 Å². The van der Waals surface area contributed by atoms with Crippen LogP contribution in [0.2, 0.25) is 0 Å². The molecule has 0 bridgehead atoms. The number of hydrogen-bond donors (Lipinski definition) is 1. The van der Waals surface area contributed by atoms with Gasteiger partial charge in [-0.3, -0.25) is 0 Å². The van der Waals surface area contributed by atoms with Crippen molar-refractivity contribution in [2.75, 3.05) is 19.7 Å². The van der Waals surface area contributed by atoms with Crippen molar-refractivity contribution in [3.8, 4) is 0 Å². The number of nitrogens with zero attached hydrogens (tertiary/aromatic N) is 2. The summed E-state index contributed by atoms with van der Waals surface area (Å²) >= 11 is 1.58. The lowest BCUT2D eigenvalue weighted by atomic mass is 10.1.